The predicted octanol–water partition coefficient (Wildman–Crippen LogP) is 7.17. The van der Waals surface area contributed by atoms with Crippen molar-refractivity contribution >= 4 is 36.2 Å². The largest absolute Gasteiger partial charge is 0.416 e. The number of hydrogen-bond donors (Lipinski definition) is 1. The summed E-state index contributed by atoms with van der Waals surface area (Å²) in [6.07, 6.45) is -1.25. The van der Waals surface area contributed by atoms with E-state index in [1.165, 1.54) is 11.3 Å². The van der Waals surface area contributed by atoms with Crippen molar-refractivity contribution in [3.8, 4) is 10.4 Å². The van der Waals surface area contributed by atoms with E-state index in [-0.39, 0.29) is 5.56 Å². The highest BCUT2D eigenvalue weighted by Crippen LogP contribution is 2.34. The summed E-state index contributed by atoms with van der Waals surface area (Å²) >= 11 is 1.40. The molecule has 0 aliphatic rings. The molecule has 1 amide bonds. The van der Waals surface area contributed by atoms with E-state index in [0.29, 0.717) is 18.7 Å². The quantitative estimate of drug-likeness (QED) is 0.137. The Bertz CT molecular complexity index is 1400. The summed E-state index contributed by atoms with van der Waals surface area (Å²) < 4.78 is 62.3. The fraction of sp³-hybridized carbons (Fsp3) is 0.308. The van der Waals surface area contributed by atoms with E-state index in [4.69, 9.17) is 4.74 Å². The number of benzene rings is 2. The van der Waals surface area contributed by atoms with Crippen molar-refractivity contribution in [1.82, 2.24) is 14.9 Å². The summed E-state index contributed by atoms with van der Waals surface area (Å²) in [5.41, 5.74) is 1.71. The van der Waals surface area contributed by atoms with E-state index in [0.717, 1.165) is 40.2 Å². The van der Waals surface area contributed by atoms with Gasteiger partial charge in [-0.3, -0.25) is 9.78 Å². The molecule has 2 aromatic carbocycles. The number of rotatable bonds is 9. The minimum Gasteiger partial charge on any atom is -0.361 e. The van der Waals surface area contributed by atoms with E-state index in [9.17, 15) is 22.4 Å². The SMILES string of the molecule is C[Si](C)(C)CCOCn1ccc2c(C(=O)NCc3c(F)cccc3C(F)(F)F)cc(-c3cncs3)cc21. The first-order valence-electron chi connectivity index (χ1n) is 11.7. The second-order valence-corrected chi connectivity index (χ2v) is 16.4. The molecule has 196 valence electrons. The van der Waals surface area contributed by atoms with Gasteiger partial charge in [0.05, 0.1) is 21.5 Å². The van der Waals surface area contributed by atoms with Crippen LogP contribution in [0, 0.1) is 5.82 Å². The molecule has 0 spiro atoms. The molecule has 5 nitrogen and oxygen atoms in total. The number of thiazole rings is 1. The van der Waals surface area contributed by atoms with Gasteiger partial charge in [0.2, 0.25) is 0 Å². The number of alkyl halides is 3. The monoisotopic (exact) mass is 549 g/mol. The third kappa shape index (κ3) is 6.46. The summed E-state index contributed by atoms with van der Waals surface area (Å²) in [5, 5.41) is 3.10. The first kappa shape index (κ1) is 27.0. The number of hydrogen-bond acceptors (Lipinski definition) is 4. The summed E-state index contributed by atoms with van der Waals surface area (Å²) in [7, 11) is -1.25. The molecule has 1 N–H and O–H groups in total. The Morgan fingerprint density at radius 1 is 1.19 bits per heavy atom. The number of nitrogens with one attached hydrogen (secondary N) is 1. The van der Waals surface area contributed by atoms with Gasteiger partial charge in [-0.2, -0.15) is 13.2 Å². The number of carbonyl (C=O) groups is 1. The van der Waals surface area contributed by atoms with E-state index in [1.54, 1.807) is 23.8 Å². The number of aromatic nitrogens is 2. The van der Waals surface area contributed by atoms with Crippen LogP contribution in [0.1, 0.15) is 21.5 Å². The maximum atomic E-state index is 14.3. The molecule has 0 aliphatic carbocycles. The maximum Gasteiger partial charge on any atom is 0.416 e. The number of amides is 1. The summed E-state index contributed by atoms with van der Waals surface area (Å²) in [6, 6.07) is 9.14. The van der Waals surface area contributed by atoms with Crippen LogP contribution in [-0.4, -0.2) is 30.1 Å². The zero-order valence-corrected chi connectivity index (χ0v) is 22.5. The topological polar surface area (TPSA) is 56.1 Å². The summed E-state index contributed by atoms with van der Waals surface area (Å²) in [6.45, 7) is 7.13. The van der Waals surface area contributed by atoms with Crippen LogP contribution in [0.15, 0.2) is 54.3 Å². The minimum atomic E-state index is -4.74. The summed E-state index contributed by atoms with van der Waals surface area (Å²) in [5.74, 6) is -1.63. The Hall–Kier alpha value is -3.02. The Morgan fingerprint density at radius 2 is 1.97 bits per heavy atom. The number of ether oxygens (including phenoxy) is 1. The highest BCUT2D eigenvalue weighted by atomic mass is 32.1. The number of nitrogens with zero attached hydrogens (tertiary/aromatic N) is 2. The first-order valence-corrected chi connectivity index (χ1v) is 16.2. The van der Waals surface area contributed by atoms with Crippen molar-refractivity contribution in [3.05, 3.63) is 76.8 Å². The van der Waals surface area contributed by atoms with Crippen LogP contribution < -0.4 is 5.32 Å². The van der Waals surface area contributed by atoms with Gasteiger partial charge in [0.15, 0.2) is 0 Å². The van der Waals surface area contributed by atoms with E-state index >= 15 is 0 Å². The Labute approximate surface area is 217 Å². The molecule has 0 saturated heterocycles. The molecule has 11 heteroatoms. The van der Waals surface area contributed by atoms with Crippen molar-refractivity contribution in [2.45, 2.75) is 45.1 Å². The number of fused-ring (bicyclic) bond motifs is 1. The van der Waals surface area contributed by atoms with Gasteiger partial charge in [-0.15, -0.1) is 11.3 Å². The third-order valence-corrected chi connectivity index (χ3v) is 8.45. The molecule has 0 bridgehead atoms. The van der Waals surface area contributed by atoms with Crippen LogP contribution in [0.4, 0.5) is 17.6 Å². The highest BCUT2D eigenvalue weighted by Gasteiger charge is 2.34. The van der Waals surface area contributed by atoms with Gasteiger partial charge in [-0.25, -0.2) is 4.39 Å². The average Bonchev–Trinajstić information content (AvgIpc) is 3.49. The van der Waals surface area contributed by atoms with Crippen LogP contribution >= 0.6 is 11.3 Å². The predicted molar refractivity (Wildman–Crippen MR) is 140 cm³/mol. The molecular weight excluding hydrogens is 522 g/mol. The molecule has 0 radical (unpaired) electrons. The molecule has 0 fully saturated rings. The van der Waals surface area contributed by atoms with Crippen molar-refractivity contribution in [1.29, 1.82) is 0 Å². The van der Waals surface area contributed by atoms with Crippen molar-refractivity contribution in [3.63, 3.8) is 0 Å². The van der Waals surface area contributed by atoms with E-state index in [1.807, 2.05) is 16.8 Å². The molecule has 2 aromatic heterocycles. The van der Waals surface area contributed by atoms with Gasteiger partial charge < -0.3 is 14.6 Å². The van der Waals surface area contributed by atoms with Crippen molar-refractivity contribution < 1.29 is 27.1 Å². The third-order valence-electron chi connectivity index (χ3n) is 5.93. The van der Waals surface area contributed by atoms with Crippen LogP contribution in [0.2, 0.25) is 25.7 Å². The Balaban J connectivity index is 1.64. The van der Waals surface area contributed by atoms with Gasteiger partial charge in [0.25, 0.3) is 5.91 Å². The fourth-order valence-corrected chi connectivity index (χ4v) is 5.27. The molecular formula is C26H27F4N3O2SSi. The second kappa shape index (κ2) is 10.8. The molecule has 0 aliphatic heterocycles. The van der Waals surface area contributed by atoms with E-state index < -0.39 is 43.6 Å². The molecule has 0 saturated carbocycles. The number of carbonyl (C=O) groups excluding carboxylic acids is 1. The minimum absolute atomic E-state index is 0.270. The van der Waals surface area contributed by atoms with Gasteiger partial charge in [0, 0.05) is 50.1 Å². The highest BCUT2D eigenvalue weighted by molar-refractivity contribution is 7.13. The molecule has 0 atom stereocenters. The van der Waals surface area contributed by atoms with Crippen LogP contribution in [-0.2, 0) is 24.2 Å². The molecule has 37 heavy (non-hydrogen) atoms. The molecule has 4 aromatic rings. The molecule has 4 rings (SSSR count). The van der Waals surface area contributed by atoms with Gasteiger partial charge in [-0.05, 0) is 41.9 Å². The van der Waals surface area contributed by atoms with Gasteiger partial charge >= 0.3 is 6.18 Å². The van der Waals surface area contributed by atoms with Crippen molar-refractivity contribution in [2.75, 3.05) is 6.61 Å². The Kier molecular flexibility index (Phi) is 7.86. The second-order valence-electron chi connectivity index (χ2n) is 9.90. The van der Waals surface area contributed by atoms with Crippen molar-refractivity contribution in [2.24, 2.45) is 0 Å². The lowest BCUT2D eigenvalue weighted by Crippen LogP contribution is -2.25. The lowest BCUT2D eigenvalue weighted by Gasteiger charge is -2.16. The van der Waals surface area contributed by atoms with E-state index in [2.05, 4.69) is 29.9 Å². The fourth-order valence-electron chi connectivity index (χ4n) is 3.91. The lowest BCUT2D eigenvalue weighted by atomic mass is 10.0. The molecule has 0 unspecified atom stereocenters. The van der Waals surface area contributed by atoms with Crippen LogP contribution in [0.3, 0.4) is 0 Å². The maximum absolute atomic E-state index is 14.3. The van der Waals surface area contributed by atoms with Crippen LogP contribution in [0.5, 0.6) is 0 Å². The number of halogens is 4. The lowest BCUT2D eigenvalue weighted by molar-refractivity contribution is -0.138. The van der Waals surface area contributed by atoms with Gasteiger partial charge in [0.1, 0.15) is 12.5 Å². The van der Waals surface area contributed by atoms with Gasteiger partial charge in [-0.1, -0.05) is 25.7 Å². The smallest absolute Gasteiger partial charge is 0.361 e. The Morgan fingerprint density at radius 3 is 2.65 bits per heavy atom. The normalized spacial score (nSPS) is 12.3. The standard InChI is InChI=1S/C26H27F4N3O2SSi/c1-37(2,3)10-9-35-16-33-8-7-18-19(11-17(12-23(18)33)24-14-31-15-36-24)25(34)32-13-20-21(26(28,29)30)5-4-6-22(20)27/h4-8,11-12,14-15H,9-10,13,16H2,1-3H3,(H,32,34). The van der Waals surface area contributed by atoms with Crippen LogP contribution in [0.25, 0.3) is 21.3 Å². The zero-order chi connectivity index (χ0) is 26.8. The zero-order valence-electron chi connectivity index (χ0n) is 20.7. The summed E-state index contributed by atoms with van der Waals surface area (Å²) in [4.78, 5) is 18.2. The molecule has 2 heterocycles. The first-order chi connectivity index (χ1) is 17.4. The average molecular weight is 550 g/mol.